The van der Waals surface area contributed by atoms with E-state index in [1.165, 1.54) is 89.7 Å². The Morgan fingerprint density at radius 1 is 0.833 bits per heavy atom. The summed E-state index contributed by atoms with van der Waals surface area (Å²) in [4.78, 5) is 11.1. The Balaban J connectivity index is 2.11. The second kappa shape index (κ2) is 15.4. The number of ether oxygens (including phenoxy) is 1. The highest BCUT2D eigenvalue weighted by atomic mass is 32.2. The van der Waals surface area contributed by atoms with E-state index in [1.807, 2.05) is 0 Å². The molecular weight excluding hydrogens is 400 g/mol. The molecule has 0 saturated carbocycles. The van der Waals surface area contributed by atoms with Gasteiger partial charge in [-0.05, 0) is 31.5 Å². The third-order valence-corrected chi connectivity index (χ3v) is 6.26. The van der Waals surface area contributed by atoms with E-state index in [2.05, 4.69) is 6.92 Å². The summed E-state index contributed by atoms with van der Waals surface area (Å²) in [5, 5.41) is 0. The average molecular weight is 441 g/mol. The van der Waals surface area contributed by atoms with Crippen LogP contribution in [0, 0.1) is 0 Å². The van der Waals surface area contributed by atoms with Gasteiger partial charge < -0.3 is 4.74 Å². The van der Waals surface area contributed by atoms with Crippen molar-refractivity contribution in [2.45, 2.75) is 109 Å². The molecule has 5 nitrogen and oxygen atoms in total. The first-order valence-electron chi connectivity index (χ1n) is 11.6. The molecule has 0 atom stereocenters. The fourth-order valence-electron chi connectivity index (χ4n) is 3.53. The molecule has 1 rings (SSSR count). The third-order valence-electron chi connectivity index (χ3n) is 5.38. The summed E-state index contributed by atoms with van der Waals surface area (Å²) in [6.07, 6.45) is 17.7. The second-order valence-corrected chi connectivity index (χ2v) is 9.53. The van der Waals surface area contributed by atoms with Crippen LogP contribution in [-0.4, -0.2) is 25.4 Å². The van der Waals surface area contributed by atoms with Crippen LogP contribution in [0.3, 0.4) is 0 Å². The van der Waals surface area contributed by atoms with Gasteiger partial charge in [0.2, 0.25) is 0 Å². The molecule has 0 aromatic heterocycles. The zero-order valence-corrected chi connectivity index (χ0v) is 19.6. The molecule has 6 heteroatoms. The molecule has 0 aliphatic carbocycles. The Morgan fingerprint density at radius 2 is 1.30 bits per heavy atom. The summed E-state index contributed by atoms with van der Waals surface area (Å²) < 4.78 is 38.0. The van der Waals surface area contributed by atoms with Gasteiger partial charge >= 0.3 is 0 Å². The van der Waals surface area contributed by atoms with Crippen molar-refractivity contribution < 1.29 is 22.5 Å². The van der Waals surface area contributed by atoms with Crippen LogP contribution in [0.15, 0.2) is 23.1 Å². The molecular formula is C24H40O5S. The maximum Gasteiger partial charge on any atom is 0.298 e. The van der Waals surface area contributed by atoms with Crippen LogP contribution < -0.4 is 4.74 Å². The molecule has 0 saturated heterocycles. The Hall–Kier alpha value is -1.40. The van der Waals surface area contributed by atoms with Crippen LogP contribution >= 0.6 is 0 Å². The van der Waals surface area contributed by atoms with Crippen molar-refractivity contribution in [2.24, 2.45) is 0 Å². The standard InChI is InChI=1S/C24H40O5S/c1-3-4-5-6-7-8-9-10-11-12-13-14-15-16-19-29-23-18-17-22(21(2)25)20-24(23)30(26,27)28/h17-18,20H,3-16,19H2,1-2H3,(H,26,27,28). The molecule has 172 valence electrons. The van der Waals surface area contributed by atoms with E-state index < -0.39 is 10.1 Å². The summed E-state index contributed by atoms with van der Waals surface area (Å²) in [6, 6.07) is 4.11. The fourth-order valence-corrected chi connectivity index (χ4v) is 4.18. The molecule has 1 N–H and O–H groups in total. The van der Waals surface area contributed by atoms with Gasteiger partial charge in [0.05, 0.1) is 6.61 Å². The lowest BCUT2D eigenvalue weighted by atomic mass is 10.0. The van der Waals surface area contributed by atoms with Gasteiger partial charge in [-0.1, -0.05) is 90.4 Å². The molecule has 0 bridgehead atoms. The Kier molecular flexibility index (Phi) is 13.7. The number of carbonyl (C=O) groups excluding carboxylic acids is 1. The minimum Gasteiger partial charge on any atom is -0.492 e. The summed E-state index contributed by atoms with van der Waals surface area (Å²) in [5.41, 5.74) is 0.228. The maximum atomic E-state index is 11.6. The number of hydrogen-bond donors (Lipinski definition) is 1. The minimum absolute atomic E-state index is 0.0946. The van der Waals surface area contributed by atoms with E-state index in [1.54, 1.807) is 0 Å². The van der Waals surface area contributed by atoms with Crippen LogP contribution in [-0.2, 0) is 10.1 Å². The van der Waals surface area contributed by atoms with Gasteiger partial charge in [-0.2, -0.15) is 8.42 Å². The van der Waals surface area contributed by atoms with Crippen molar-refractivity contribution in [2.75, 3.05) is 6.61 Å². The normalized spacial score (nSPS) is 11.6. The predicted molar refractivity (Wildman–Crippen MR) is 122 cm³/mol. The molecule has 1 aromatic carbocycles. The zero-order valence-electron chi connectivity index (χ0n) is 18.8. The van der Waals surface area contributed by atoms with Crippen molar-refractivity contribution in [1.29, 1.82) is 0 Å². The van der Waals surface area contributed by atoms with E-state index in [-0.39, 0.29) is 22.0 Å². The zero-order chi connectivity index (χ0) is 22.2. The van der Waals surface area contributed by atoms with Crippen molar-refractivity contribution in [3.05, 3.63) is 23.8 Å². The molecule has 0 spiro atoms. The van der Waals surface area contributed by atoms with Crippen LogP contribution in [0.2, 0.25) is 0 Å². The number of unbranched alkanes of at least 4 members (excludes halogenated alkanes) is 13. The first-order valence-corrected chi connectivity index (χ1v) is 13.1. The SMILES string of the molecule is CCCCCCCCCCCCCCCCOc1ccc(C(C)=O)cc1S(=O)(=O)O. The number of benzene rings is 1. The van der Waals surface area contributed by atoms with Gasteiger partial charge in [-0.25, -0.2) is 0 Å². The average Bonchev–Trinajstić information content (AvgIpc) is 2.70. The van der Waals surface area contributed by atoms with Crippen molar-refractivity contribution in [1.82, 2.24) is 0 Å². The molecule has 0 fully saturated rings. The summed E-state index contributed by atoms with van der Waals surface area (Å²) in [5.74, 6) is -0.171. The van der Waals surface area contributed by atoms with Crippen LogP contribution in [0.5, 0.6) is 5.75 Å². The molecule has 0 radical (unpaired) electrons. The Labute approximate surface area is 183 Å². The van der Waals surface area contributed by atoms with Gasteiger partial charge in [-0.15, -0.1) is 0 Å². The van der Waals surface area contributed by atoms with Gasteiger partial charge in [0.1, 0.15) is 10.6 Å². The molecule has 0 aliphatic rings. The molecule has 1 aromatic rings. The van der Waals surface area contributed by atoms with Gasteiger partial charge in [0, 0.05) is 5.56 Å². The molecule has 0 unspecified atom stereocenters. The van der Waals surface area contributed by atoms with Crippen LogP contribution in [0.4, 0.5) is 0 Å². The molecule has 30 heavy (non-hydrogen) atoms. The second-order valence-electron chi connectivity index (χ2n) is 8.14. The highest BCUT2D eigenvalue weighted by Crippen LogP contribution is 2.25. The summed E-state index contributed by atoms with van der Waals surface area (Å²) >= 11 is 0. The first kappa shape index (κ1) is 26.6. The van der Waals surface area contributed by atoms with Crippen molar-refractivity contribution in [3.8, 4) is 5.75 Å². The highest BCUT2D eigenvalue weighted by molar-refractivity contribution is 7.86. The van der Waals surface area contributed by atoms with Crippen LogP contribution in [0.25, 0.3) is 0 Å². The van der Waals surface area contributed by atoms with Crippen molar-refractivity contribution in [3.63, 3.8) is 0 Å². The highest BCUT2D eigenvalue weighted by Gasteiger charge is 2.18. The molecule has 0 amide bonds. The Morgan fingerprint density at radius 3 is 1.73 bits per heavy atom. The summed E-state index contributed by atoms with van der Waals surface area (Å²) in [7, 11) is -4.44. The van der Waals surface area contributed by atoms with E-state index in [9.17, 15) is 17.8 Å². The monoisotopic (exact) mass is 440 g/mol. The number of carbonyl (C=O) groups is 1. The largest absolute Gasteiger partial charge is 0.492 e. The summed E-state index contributed by atoms with van der Waals surface area (Å²) in [6.45, 7) is 3.99. The van der Waals surface area contributed by atoms with Crippen molar-refractivity contribution >= 4 is 15.9 Å². The number of Topliss-reactive ketones (excluding diaryl/α,β-unsaturated/α-hetero) is 1. The lowest BCUT2D eigenvalue weighted by molar-refractivity contribution is 0.101. The topological polar surface area (TPSA) is 80.7 Å². The number of rotatable bonds is 18. The van der Waals surface area contributed by atoms with E-state index >= 15 is 0 Å². The minimum atomic E-state index is -4.44. The third kappa shape index (κ3) is 11.7. The molecule has 0 aliphatic heterocycles. The maximum absolute atomic E-state index is 11.6. The lowest BCUT2D eigenvalue weighted by Gasteiger charge is -2.11. The van der Waals surface area contributed by atoms with E-state index in [4.69, 9.17) is 4.74 Å². The number of ketones is 1. The first-order chi connectivity index (χ1) is 14.4. The van der Waals surface area contributed by atoms with E-state index in [0.29, 0.717) is 6.61 Å². The Bertz CT molecular complexity index is 712. The van der Waals surface area contributed by atoms with Crippen LogP contribution in [0.1, 0.15) is 114 Å². The van der Waals surface area contributed by atoms with E-state index in [0.717, 1.165) is 25.3 Å². The van der Waals surface area contributed by atoms with Gasteiger partial charge in [0.15, 0.2) is 5.78 Å². The smallest absolute Gasteiger partial charge is 0.298 e. The predicted octanol–water partition coefficient (Wildman–Crippen LogP) is 7.00. The van der Waals surface area contributed by atoms with Gasteiger partial charge in [0.25, 0.3) is 10.1 Å². The fraction of sp³-hybridized carbons (Fsp3) is 0.708. The lowest BCUT2D eigenvalue weighted by Crippen LogP contribution is -2.07. The number of hydrogen-bond acceptors (Lipinski definition) is 4. The molecule has 0 heterocycles. The quantitative estimate of drug-likeness (QED) is 0.151. The van der Waals surface area contributed by atoms with Gasteiger partial charge in [-0.3, -0.25) is 9.35 Å².